The topological polar surface area (TPSA) is 38.6 Å². The first-order chi connectivity index (χ1) is 9.22. The third-order valence-corrected chi connectivity index (χ3v) is 3.82. The van der Waals surface area contributed by atoms with Gasteiger partial charge in [0.25, 0.3) is 0 Å². The molecule has 1 N–H and O–H groups in total. The number of hydrogen-bond donors (Lipinski definition) is 1. The van der Waals surface area contributed by atoms with Crippen LogP contribution in [0.4, 0.5) is 0 Å². The molecule has 0 bridgehead atoms. The summed E-state index contributed by atoms with van der Waals surface area (Å²) in [6.07, 6.45) is 4.94. The van der Waals surface area contributed by atoms with Gasteiger partial charge in [-0.05, 0) is 20.3 Å². The summed E-state index contributed by atoms with van der Waals surface area (Å²) in [6, 6.07) is 0. The van der Waals surface area contributed by atoms with Crippen molar-refractivity contribution >= 4 is 16.3 Å². The largest absolute Gasteiger partial charge is 0.380 e. The first-order valence-electron chi connectivity index (χ1n) is 6.55. The van der Waals surface area contributed by atoms with Gasteiger partial charge in [0.05, 0.1) is 24.6 Å². The molecule has 0 fully saturated rings. The second-order valence-electron chi connectivity index (χ2n) is 4.50. The van der Waals surface area contributed by atoms with Crippen LogP contribution in [0.1, 0.15) is 22.7 Å². The van der Waals surface area contributed by atoms with Crippen molar-refractivity contribution in [1.82, 2.24) is 14.7 Å². The summed E-state index contributed by atoms with van der Waals surface area (Å²) >= 11 is 1.73. The monoisotopic (exact) mass is 279 g/mol. The molecule has 0 radical (unpaired) electrons. The van der Waals surface area contributed by atoms with Crippen LogP contribution in [0.15, 0.2) is 18.9 Å². The van der Waals surface area contributed by atoms with E-state index in [1.807, 2.05) is 6.08 Å². The molecule has 0 aliphatic heterocycles. The highest BCUT2D eigenvalue weighted by atomic mass is 32.1. The molecule has 19 heavy (non-hydrogen) atoms. The van der Waals surface area contributed by atoms with E-state index in [1.54, 1.807) is 11.3 Å². The number of aromatic nitrogens is 2. The lowest BCUT2D eigenvalue weighted by Crippen LogP contribution is -2.20. The van der Waals surface area contributed by atoms with Gasteiger partial charge in [-0.1, -0.05) is 6.08 Å². The predicted octanol–water partition coefficient (Wildman–Crippen LogP) is 2.69. The molecule has 5 heteroatoms. The number of aryl methyl sites for hydroxylation is 2. The molecule has 0 atom stereocenters. The zero-order valence-corrected chi connectivity index (χ0v) is 12.4. The van der Waals surface area contributed by atoms with E-state index in [1.165, 1.54) is 10.6 Å². The molecule has 2 heterocycles. The van der Waals surface area contributed by atoms with Gasteiger partial charge in [0.15, 0.2) is 4.96 Å². The molecule has 0 saturated carbocycles. The Morgan fingerprint density at radius 1 is 1.47 bits per heavy atom. The summed E-state index contributed by atoms with van der Waals surface area (Å²) in [7, 11) is 0. The minimum Gasteiger partial charge on any atom is -0.380 e. The normalized spacial score (nSPS) is 11.3. The standard InChI is InChI=1S/C14H21N3OS/c1-4-5-7-18-8-6-15-9-13-12(3)16-14-17(13)10-11(2)19-14/h4,10,15H,1,5-9H2,2-3H3. The minimum atomic E-state index is 0.734. The molecular formula is C14H21N3OS. The van der Waals surface area contributed by atoms with Gasteiger partial charge in [-0.15, -0.1) is 17.9 Å². The average molecular weight is 279 g/mol. The van der Waals surface area contributed by atoms with E-state index in [2.05, 4.69) is 41.3 Å². The van der Waals surface area contributed by atoms with Crippen LogP contribution in [0, 0.1) is 13.8 Å². The molecular weight excluding hydrogens is 258 g/mol. The smallest absolute Gasteiger partial charge is 0.194 e. The summed E-state index contributed by atoms with van der Waals surface area (Å²) in [6.45, 7) is 11.0. The van der Waals surface area contributed by atoms with Crippen LogP contribution in [-0.4, -0.2) is 29.1 Å². The molecule has 0 aromatic carbocycles. The van der Waals surface area contributed by atoms with Crippen molar-refractivity contribution in [2.75, 3.05) is 19.8 Å². The SMILES string of the molecule is C=CCCOCCNCc1c(C)nc2sc(C)cn12. The molecule has 2 aromatic heterocycles. The van der Waals surface area contributed by atoms with Crippen LogP contribution in [0.25, 0.3) is 4.96 Å². The number of thiazole rings is 1. The number of hydrogen-bond acceptors (Lipinski definition) is 4. The van der Waals surface area contributed by atoms with Crippen LogP contribution >= 0.6 is 11.3 Å². The van der Waals surface area contributed by atoms with Crippen molar-refractivity contribution in [3.05, 3.63) is 35.1 Å². The highest BCUT2D eigenvalue weighted by Crippen LogP contribution is 2.20. The van der Waals surface area contributed by atoms with Crippen molar-refractivity contribution in [3.63, 3.8) is 0 Å². The van der Waals surface area contributed by atoms with Crippen molar-refractivity contribution in [2.24, 2.45) is 0 Å². The fraction of sp³-hybridized carbons (Fsp3) is 0.500. The Balaban J connectivity index is 1.81. The number of nitrogens with zero attached hydrogens (tertiary/aromatic N) is 2. The Bertz CT molecular complexity index is 544. The third kappa shape index (κ3) is 3.65. The van der Waals surface area contributed by atoms with Crippen molar-refractivity contribution in [1.29, 1.82) is 0 Å². The lowest BCUT2D eigenvalue weighted by molar-refractivity contribution is 0.140. The second kappa shape index (κ2) is 6.84. The molecule has 2 rings (SSSR count). The number of ether oxygens (including phenoxy) is 1. The number of nitrogens with one attached hydrogen (secondary N) is 1. The predicted molar refractivity (Wildman–Crippen MR) is 79.9 cm³/mol. The molecule has 0 saturated heterocycles. The molecule has 104 valence electrons. The van der Waals surface area contributed by atoms with Gasteiger partial charge in [0.2, 0.25) is 0 Å². The van der Waals surface area contributed by atoms with Gasteiger partial charge in [0.1, 0.15) is 0 Å². The van der Waals surface area contributed by atoms with Crippen LogP contribution in [0.5, 0.6) is 0 Å². The molecule has 0 aliphatic rings. The molecule has 0 unspecified atom stereocenters. The Morgan fingerprint density at radius 3 is 3.11 bits per heavy atom. The van der Waals surface area contributed by atoms with E-state index in [9.17, 15) is 0 Å². The average Bonchev–Trinajstić information content (AvgIpc) is 2.85. The van der Waals surface area contributed by atoms with Crippen LogP contribution in [-0.2, 0) is 11.3 Å². The van der Waals surface area contributed by atoms with Gasteiger partial charge < -0.3 is 10.1 Å². The van der Waals surface area contributed by atoms with Crippen molar-refractivity contribution < 1.29 is 4.74 Å². The lowest BCUT2D eigenvalue weighted by atomic mass is 10.3. The number of fused-ring (bicyclic) bond motifs is 1. The zero-order chi connectivity index (χ0) is 13.7. The van der Waals surface area contributed by atoms with Crippen LogP contribution in [0.3, 0.4) is 0 Å². The zero-order valence-electron chi connectivity index (χ0n) is 11.6. The highest BCUT2D eigenvalue weighted by molar-refractivity contribution is 7.17. The number of imidazole rings is 1. The Kier molecular flexibility index (Phi) is 5.13. The summed E-state index contributed by atoms with van der Waals surface area (Å²) in [5, 5.41) is 3.40. The molecule has 0 amide bonds. The van der Waals surface area contributed by atoms with E-state index >= 15 is 0 Å². The van der Waals surface area contributed by atoms with Gasteiger partial charge in [-0.3, -0.25) is 4.40 Å². The fourth-order valence-corrected chi connectivity index (χ4v) is 2.83. The maximum absolute atomic E-state index is 5.46. The second-order valence-corrected chi connectivity index (χ2v) is 5.72. The van der Waals surface area contributed by atoms with Gasteiger partial charge in [-0.25, -0.2) is 4.98 Å². The molecule has 2 aromatic rings. The Hall–Kier alpha value is -1.17. The Labute approximate surface area is 118 Å². The lowest BCUT2D eigenvalue weighted by Gasteiger charge is -2.05. The van der Waals surface area contributed by atoms with E-state index in [4.69, 9.17) is 4.74 Å². The van der Waals surface area contributed by atoms with Crippen LogP contribution in [0.2, 0.25) is 0 Å². The third-order valence-electron chi connectivity index (χ3n) is 2.92. The van der Waals surface area contributed by atoms with E-state index in [-0.39, 0.29) is 0 Å². The summed E-state index contributed by atoms with van der Waals surface area (Å²) in [5.74, 6) is 0. The highest BCUT2D eigenvalue weighted by Gasteiger charge is 2.10. The maximum atomic E-state index is 5.46. The molecule has 4 nitrogen and oxygen atoms in total. The van der Waals surface area contributed by atoms with Crippen LogP contribution < -0.4 is 5.32 Å². The Morgan fingerprint density at radius 2 is 2.32 bits per heavy atom. The van der Waals surface area contributed by atoms with Crippen molar-refractivity contribution in [3.8, 4) is 0 Å². The van der Waals surface area contributed by atoms with E-state index < -0.39 is 0 Å². The van der Waals surface area contributed by atoms with Gasteiger partial charge >= 0.3 is 0 Å². The molecule has 0 spiro atoms. The first kappa shape index (κ1) is 14.2. The van der Waals surface area contributed by atoms with E-state index in [0.29, 0.717) is 0 Å². The van der Waals surface area contributed by atoms with E-state index in [0.717, 1.165) is 43.4 Å². The summed E-state index contributed by atoms with van der Waals surface area (Å²) in [4.78, 5) is 6.94. The summed E-state index contributed by atoms with van der Waals surface area (Å²) in [5.41, 5.74) is 2.34. The number of rotatable bonds is 8. The maximum Gasteiger partial charge on any atom is 0.194 e. The summed E-state index contributed by atoms with van der Waals surface area (Å²) < 4.78 is 7.64. The van der Waals surface area contributed by atoms with Gasteiger partial charge in [-0.2, -0.15) is 0 Å². The quantitative estimate of drug-likeness (QED) is 0.596. The first-order valence-corrected chi connectivity index (χ1v) is 7.37. The van der Waals surface area contributed by atoms with Gasteiger partial charge in [0, 0.05) is 24.2 Å². The van der Waals surface area contributed by atoms with Crippen molar-refractivity contribution in [2.45, 2.75) is 26.8 Å². The minimum absolute atomic E-state index is 0.734. The molecule has 0 aliphatic carbocycles. The fourth-order valence-electron chi connectivity index (χ4n) is 1.94.